The van der Waals surface area contributed by atoms with Gasteiger partial charge in [0.25, 0.3) is 5.91 Å². The van der Waals surface area contributed by atoms with E-state index < -0.39 is 6.04 Å². The van der Waals surface area contributed by atoms with Crippen LogP contribution < -0.4 is 10.2 Å². The van der Waals surface area contributed by atoms with Gasteiger partial charge in [-0.25, -0.2) is 10.0 Å². The first kappa shape index (κ1) is 14.3. The fourth-order valence-corrected chi connectivity index (χ4v) is 2.21. The predicted octanol–water partition coefficient (Wildman–Crippen LogP) is 0.769. The average Bonchev–Trinajstić information content (AvgIpc) is 2.65. The number of carbonyl (C=O) groups is 2. The molecule has 1 heterocycles. The van der Waals surface area contributed by atoms with E-state index in [9.17, 15) is 9.59 Å². The fourth-order valence-electron chi connectivity index (χ4n) is 2.21. The Labute approximate surface area is 118 Å². The topological polar surface area (TPSA) is 55.9 Å². The molecule has 0 saturated carbocycles. The van der Waals surface area contributed by atoms with Crippen molar-refractivity contribution in [2.45, 2.75) is 12.5 Å². The van der Waals surface area contributed by atoms with E-state index in [1.807, 2.05) is 43.3 Å². The van der Waals surface area contributed by atoms with Gasteiger partial charge in [0.15, 0.2) is 0 Å². The maximum absolute atomic E-state index is 12.1. The third-order valence-corrected chi connectivity index (χ3v) is 3.25. The summed E-state index contributed by atoms with van der Waals surface area (Å²) in [5, 5.41) is 5.80. The van der Waals surface area contributed by atoms with Gasteiger partial charge in [0.1, 0.15) is 6.04 Å². The van der Waals surface area contributed by atoms with Crippen molar-refractivity contribution in [3.05, 3.63) is 24.3 Å². The summed E-state index contributed by atoms with van der Waals surface area (Å²) in [4.78, 5) is 25.9. The zero-order chi connectivity index (χ0) is 14.9. The van der Waals surface area contributed by atoms with E-state index in [-0.39, 0.29) is 18.2 Å². The third kappa shape index (κ3) is 2.75. The first-order valence-electron chi connectivity index (χ1n) is 6.48. The highest BCUT2D eigenvalue weighted by molar-refractivity contribution is 6.06. The highest BCUT2D eigenvalue weighted by Crippen LogP contribution is 2.21. The highest BCUT2D eigenvalue weighted by atomic mass is 16.2. The molecule has 1 fully saturated rings. The van der Waals surface area contributed by atoms with E-state index in [0.29, 0.717) is 0 Å². The molecular weight excluding hydrogens is 256 g/mol. The predicted molar refractivity (Wildman–Crippen MR) is 78.3 cm³/mol. The number of hydrazine groups is 1. The molecule has 2 rings (SSSR count). The minimum absolute atomic E-state index is 0.178. The molecule has 1 aliphatic rings. The molecule has 0 radical (unpaired) electrons. The van der Waals surface area contributed by atoms with Crippen molar-refractivity contribution in [3.63, 3.8) is 0 Å². The number of amides is 2. The van der Waals surface area contributed by atoms with Crippen molar-refractivity contribution < 1.29 is 9.59 Å². The second-order valence-corrected chi connectivity index (χ2v) is 5.23. The standard InChI is InChI=1S/C14H20N4O2/c1-16(2)11-7-5-10(6-8-11)15-12-9-13(19)18(14(12)20)17(3)4/h5-8,12,15H,9H2,1-4H3/t12-/m1/s1. The number of nitrogens with one attached hydrogen (secondary N) is 1. The molecule has 1 N–H and O–H groups in total. The van der Waals surface area contributed by atoms with Crippen molar-refractivity contribution >= 4 is 23.2 Å². The van der Waals surface area contributed by atoms with E-state index in [2.05, 4.69) is 5.32 Å². The quantitative estimate of drug-likeness (QED) is 0.823. The van der Waals surface area contributed by atoms with Crippen LogP contribution in [0.5, 0.6) is 0 Å². The summed E-state index contributed by atoms with van der Waals surface area (Å²) in [5.41, 5.74) is 1.92. The molecule has 0 bridgehead atoms. The van der Waals surface area contributed by atoms with Gasteiger partial charge in [-0.15, -0.1) is 0 Å². The van der Waals surface area contributed by atoms with E-state index in [1.165, 1.54) is 10.0 Å². The lowest BCUT2D eigenvalue weighted by Crippen LogP contribution is -2.43. The third-order valence-electron chi connectivity index (χ3n) is 3.25. The summed E-state index contributed by atoms with van der Waals surface area (Å²) in [5.74, 6) is -0.390. The molecule has 108 valence electrons. The van der Waals surface area contributed by atoms with Gasteiger partial charge in [0, 0.05) is 39.6 Å². The van der Waals surface area contributed by atoms with E-state index in [1.54, 1.807) is 14.1 Å². The van der Waals surface area contributed by atoms with Crippen molar-refractivity contribution in [2.24, 2.45) is 0 Å². The summed E-state index contributed by atoms with van der Waals surface area (Å²) in [7, 11) is 7.31. The van der Waals surface area contributed by atoms with Gasteiger partial charge in [-0.2, -0.15) is 0 Å². The van der Waals surface area contributed by atoms with Crippen LogP contribution in [-0.2, 0) is 9.59 Å². The van der Waals surface area contributed by atoms with E-state index in [0.717, 1.165) is 11.4 Å². The van der Waals surface area contributed by atoms with Crippen LogP contribution in [0.15, 0.2) is 24.3 Å². The van der Waals surface area contributed by atoms with E-state index in [4.69, 9.17) is 0 Å². The van der Waals surface area contributed by atoms with Gasteiger partial charge in [0.2, 0.25) is 5.91 Å². The maximum atomic E-state index is 12.1. The normalized spacial score (nSPS) is 18.9. The highest BCUT2D eigenvalue weighted by Gasteiger charge is 2.39. The molecule has 0 aliphatic carbocycles. The Morgan fingerprint density at radius 3 is 2.15 bits per heavy atom. The van der Waals surface area contributed by atoms with Crippen LogP contribution >= 0.6 is 0 Å². The Bertz CT molecular complexity index is 510. The van der Waals surface area contributed by atoms with Crippen LogP contribution in [0, 0.1) is 0 Å². The van der Waals surface area contributed by atoms with Crippen LogP contribution in [0.1, 0.15) is 6.42 Å². The number of carbonyl (C=O) groups excluding carboxylic acids is 2. The summed E-state index contributed by atoms with van der Waals surface area (Å²) in [6.45, 7) is 0. The second-order valence-electron chi connectivity index (χ2n) is 5.23. The lowest BCUT2D eigenvalue weighted by atomic mass is 10.2. The number of anilines is 2. The molecule has 6 nitrogen and oxygen atoms in total. The Morgan fingerprint density at radius 1 is 1.10 bits per heavy atom. The SMILES string of the molecule is CN(C)c1ccc(N[C@@H]2CC(=O)N(N(C)C)C2=O)cc1. The molecule has 6 heteroatoms. The summed E-state index contributed by atoms with van der Waals surface area (Å²) in [6.07, 6.45) is 0.187. The zero-order valence-corrected chi connectivity index (χ0v) is 12.3. The number of benzene rings is 1. The monoisotopic (exact) mass is 276 g/mol. The maximum Gasteiger partial charge on any atom is 0.266 e. The molecule has 1 aromatic rings. The molecule has 0 aromatic heterocycles. The zero-order valence-electron chi connectivity index (χ0n) is 12.3. The molecule has 1 atom stereocenters. The fraction of sp³-hybridized carbons (Fsp3) is 0.429. The Morgan fingerprint density at radius 2 is 1.70 bits per heavy atom. The van der Waals surface area contributed by atoms with Gasteiger partial charge in [-0.1, -0.05) is 0 Å². The molecule has 1 aliphatic heterocycles. The average molecular weight is 276 g/mol. The van der Waals surface area contributed by atoms with Gasteiger partial charge >= 0.3 is 0 Å². The van der Waals surface area contributed by atoms with Crippen molar-refractivity contribution in [1.82, 2.24) is 10.0 Å². The minimum Gasteiger partial charge on any atom is -0.378 e. The number of imide groups is 1. The Hall–Kier alpha value is -2.08. The first-order chi connectivity index (χ1) is 9.40. The van der Waals surface area contributed by atoms with Crippen molar-refractivity contribution in [1.29, 1.82) is 0 Å². The summed E-state index contributed by atoms with van der Waals surface area (Å²) < 4.78 is 0. The lowest BCUT2D eigenvalue weighted by Gasteiger charge is -2.22. The van der Waals surface area contributed by atoms with Crippen LogP contribution in [0.3, 0.4) is 0 Å². The number of rotatable bonds is 4. The largest absolute Gasteiger partial charge is 0.378 e. The smallest absolute Gasteiger partial charge is 0.266 e. The summed E-state index contributed by atoms with van der Waals surface area (Å²) in [6, 6.07) is 7.26. The molecule has 0 unspecified atom stereocenters. The minimum atomic E-state index is -0.491. The van der Waals surface area contributed by atoms with Crippen LogP contribution in [0.25, 0.3) is 0 Å². The van der Waals surface area contributed by atoms with Crippen molar-refractivity contribution in [3.8, 4) is 0 Å². The number of nitrogens with zero attached hydrogens (tertiary/aromatic N) is 3. The second kappa shape index (κ2) is 5.50. The van der Waals surface area contributed by atoms with Gasteiger partial charge in [-0.3, -0.25) is 9.59 Å². The molecule has 1 saturated heterocycles. The van der Waals surface area contributed by atoms with Crippen LogP contribution in [-0.4, -0.2) is 56.1 Å². The summed E-state index contributed by atoms with van der Waals surface area (Å²) >= 11 is 0. The molecule has 20 heavy (non-hydrogen) atoms. The van der Waals surface area contributed by atoms with Gasteiger partial charge < -0.3 is 10.2 Å². The lowest BCUT2D eigenvalue weighted by molar-refractivity contribution is -0.152. The van der Waals surface area contributed by atoms with Crippen LogP contribution in [0.4, 0.5) is 11.4 Å². The Balaban J connectivity index is 2.07. The number of hydrogen-bond donors (Lipinski definition) is 1. The van der Waals surface area contributed by atoms with Crippen molar-refractivity contribution in [2.75, 3.05) is 38.4 Å². The molecule has 2 amide bonds. The van der Waals surface area contributed by atoms with Crippen LogP contribution in [0.2, 0.25) is 0 Å². The van der Waals surface area contributed by atoms with Gasteiger partial charge in [-0.05, 0) is 24.3 Å². The van der Waals surface area contributed by atoms with E-state index >= 15 is 0 Å². The number of hydrogen-bond acceptors (Lipinski definition) is 5. The van der Waals surface area contributed by atoms with Gasteiger partial charge in [0.05, 0.1) is 6.42 Å². The molecule has 0 spiro atoms. The Kier molecular flexibility index (Phi) is 3.94. The molecule has 1 aromatic carbocycles. The first-order valence-corrected chi connectivity index (χ1v) is 6.48. The molecular formula is C14H20N4O2.